The van der Waals surface area contributed by atoms with Crippen LogP contribution in [0.4, 0.5) is 5.69 Å². The average molecular weight is 423 g/mol. The smallest absolute Gasteiger partial charge is 0.161 e. The first-order valence-corrected chi connectivity index (χ1v) is 10.5. The molecule has 1 aliphatic heterocycles. The number of methoxy groups -OCH3 is 2. The molecule has 1 heterocycles. The van der Waals surface area contributed by atoms with Crippen LogP contribution in [0.15, 0.2) is 60.7 Å². The quantitative estimate of drug-likeness (QED) is 0.559. The van der Waals surface area contributed by atoms with E-state index in [1.807, 2.05) is 12.1 Å². The largest absolute Gasteiger partial charge is 0.493 e. The molecule has 5 heteroatoms. The molecule has 0 saturated carbocycles. The minimum Gasteiger partial charge on any atom is -0.493 e. The summed E-state index contributed by atoms with van der Waals surface area (Å²) >= 11 is 6.13. The van der Waals surface area contributed by atoms with Crippen molar-refractivity contribution in [2.75, 3.05) is 26.1 Å². The summed E-state index contributed by atoms with van der Waals surface area (Å²) in [4.78, 5) is 0. The summed E-state index contributed by atoms with van der Waals surface area (Å²) < 4.78 is 11.1. The van der Waals surface area contributed by atoms with Gasteiger partial charge in [0, 0.05) is 23.3 Å². The van der Waals surface area contributed by atoms with E-state index >= 15 is 0 Å². The van der Waals surface area contributed by atoms with Gasteiger partial charge >= 0.3 is 0 Å². The highest BCUT2D eigenvalue weighted by molar-refractivity contribution is 6.30. The van der Waals surface area contributed by atoms with Gasteiger partial charge in [-0.3, -0.25) is 0 Å². The van der Waals surface area contributed by atoms with Crippen LogP contribution in [-0.4, -0.2) is 26.8 Å². The number of hydrogen-bond acceptors (Lipinski definition) is 4. The maximum absolute atomic E-state index is 6.13. The average Bonchev–Trinajstić information content (AvgIpc) is 2.77. The normalized spacial score (nSPS) is 17.9. The first kappa shape index (κ1) is 20.6. The van der Waals surface area contributed by atoms with Crippen molar-refractivity contribution in [1.29, 1.82) is 0 Å². The molecule has 3 aromatic rings. The first-order valence-electron chi connectivity index (χ1n) is 10.1. The SMILES string of the molecule is COc1cc2c(cc1OC)[C@H](c1ccc(Cl)cc1)N[C@H](CNc1ccc(C)cc1)C2. The van der Waals surface area contributed by atoms with Crippen molar-refractivity contribution in [3.63, 3.8) is 0 Å². The van der Waals surface area contributed by atoms with E-state index in [2.05, 4.69) is 66.1 Å². The number of hydrogen-bond donors (Lipinski definition) is 2. The predicted octanol–water partition coefficient (Wildman–Crippen LogP) is 5.38. The molecule has 0 bridgehead atoms. The second kappa shape index (κ2) is 8.99. The fourth-order valence-corrected chi connectivity index (χ4v) is 4.13. The Morgan fingerprint density at radius 3 is 2.30 bits per heavy atom. The summed E-state index contributed by atoms with van der Waals surface area (Å²) in [6.07, 6.45) is 0.901. The van der Waals surface area contributed by atoms with Gasteiger partial charge in [-0.05, 0) is 66.4 Å². The number of nitrogens with one attached hydrogen (secondary N) is 2. The van der Waals surface area contributed by atoms with E-state index in [1.54, 1.807) is 14.2 Å². The van der Waals surface area contributed by atoms with Gasteiger partial charge in [0.1, 0.15) is 0 Å². The molecule has 2 N–H and O–H groups in total. The molecule has 0 fully saturated rings. The highest BCUT2D eigenvalue weighted by Gasteiger charge is 2.29. The van der Waals surface area contributed by atoms with Gasteiger partial charge in [0.2, 0.25) is 0 Å². The van der Waals surface area contributed by atoms with Crippen molar-refractivity contribution < 1.29 is 9.47 Å². The minimum absolute atomic E-state index is 0.0515. The second-order valence-electron chi connectivity index (χ2n) is 7.71. The van der Waals surface area contributed by atoms with E-state index in [0.717, 1.165) is 35.2 Å². The third-order valence-electron chi connectivity index (χ3n) is 5.63. The number of fused-ring (bicyclic) bond motifs is 1. The molecule has 0 aromatic heterocycles. The van der Waals surface area contributed by atoms with Crippen LogP contribution in [0.3, 0.4) is 0 Å². The number of rotatable bonds is 6. The highest BCUT2D eigenvalue weighted by atomic mass is 35.5. The fraction of sp³-hybridized carbons (Fsp3) is 0.280. The summed E-state index contributed by atoms with van der Waals surface area (Å²) in [6.45, 7) is 2.92. The molecule has 2 atom stereocenters. The van der Waals surface area contributed by atoms with Crippen molar-refractivity contribution in [3.05, 3.63) is 87.9 Å². The van der Waals surface area contributed by atoms with Gasteiger partial charge in [-0.15, -0.1) is 0 Å². The van der Waals surface area contributed by atoms with Crippen LogP contribution in [-0.2, 0) is 6.42 Å². The number of anilines is 1. The molecule has 3 aromatic carbocycles. The zero-order valence-electron chi connectivity index (χ0n) is 17.5. The number of halogens is 1. The Labute approximate surface area is 183 Å². The third kappa shape index (κ3) is 4.40. The lowest BCUT2D eigenvalue weighted by Gasteiger charge is -2.34. The number of aryl methyl sites for hydroxylation is 1. The van der Waals surface area contributed by atoms with E-state index in [4.69, 9.17) is 21.1 Å². The molecule has 0 spiro atoms. The molecule has 0 unspecified atom stereocenters. The van der Waals surface area contributed by atoms with Gasteiger partial charge in [-0.25, -0.2) is 0 Å². The van der Waals surface area contributed by atoms with Gasteiger partial charge in [-0.1, -0.05) is 41.4 Å². The topological polar surface area (TPSA) is 42.5 Å². The van der Waals surface area contributed by atoms with Crippen LogP contribution >= 0.6 is 11.6 Å². The van der Waals surface area contributed by atoms with Crippen molar-refractivity contribution in [2.24, 2.45) is 0 Å². The minimum atomic E-state index is 0.0515. The highest BCUT2D eigenvalue weighted by Crippen LogP contribution is 2.38. The summed E-state index contributed by atoms with van der Waals surface area (Å²) in [5.74, 6) is 1.51. The lowest BCUT2D eigenvalue weighted by atomic mass is 9.86. The standard InChI is InChI=1S/C25H27ClN2O2/c1-16-4-10-20(11-5-16)27-15-21-12-18-13-23(29-2)24(30-3)14-22(18)25(28-21)17-6-8-19(26)9-7-17/h4-11,13-14,21,25,27-28H,12,15H2,1-3H3/t21-,25-/m0/s1. The maximum atomic E-state index is 6.13. The Bertz CT molecular complexity index is 1000. The van der Waals surface area contributed by atoms with Crippen LogP contribution in [0.2, 0.25) is 5.02 Å². The van der Waals surface area contributed by atoms with E-state index in [0.29, 0.717) is 0 Å². The molecule has 0 aliphatic carbocycles. The molecule has 0 radical (unpaired) electrons. The third-order valence-corrected chi connectivity index (χ3v) is 5.88. The summed E-state index contributed by atoms with van der Waals surface area (Å²) in [7, 11) is 3.35. The van der Waals surface area contributed by atoms with Crippen molar-refractivity contribution in [1.82, 2.24) is 5.32 Å². The van der Waals surface area contributed by atoms with E-state index in [-0.39, 0.29) is 12.1 Å². The molecule has 0 saturated heterocycles. The monoisotopic (exact) mass is 422 g/mol. The Morgan fingerprint density at radius 1 is 0.967 bits per heavy atom. The van der Waals surface area contributed by atoms with Crippen molar-refractivity contribution >= 4 is 17.3 Å². The zero-order valence-corrected chi connectivity index (χ0v) is 18.3. The van der Waals surface area contributed by atoms with Crippen molar-refractivity contribution in [2.45, 2.75) is 25.4 Å². The summed E-state index contributed by atoms with van der Waals surface area (Å²) in [5, 5.41) is 8.11. The number of ether oxygens (including phenoxy) is 2. The second-order valence-corrected chi connectivity index (χ2v) is 8.14. The maximum Gasteiger partial charge on any atom is 0.161 e. The first-order chi connectivity index (χ1) is 14.6. The van der Waals surface area contributed by atoms with Gasteiger partial charge in [0.15, 0.2) is 11.5 Å². The van der Waals surface area contributed by atoms with Gasteiger partial charge < -0.3 is 20.1 Å². The summed E-state index contributed by atoms with van der Waals surface area (Å²) in [5.41, 5.74) is 6.04. The molecular formula is C25H27ClN2O2. The lowest BCUT2D eigenvalue weighted by molar-refractivity contribution is 0.351. The van der Waals surface area contributed by atoms with Gasteiger partial charge in [0.25, 0.3) is 0 Å². The van der Waals surface area contributed by atoms with E-state index < -0.39 is 0 Å². The Hall–Kier alpha value is -2.69. The van der Waals surface area contributed by atoms with Crippen LogP contribution in [0.5, 0.6) is 11.5 Å². The summed E-state index contributed by atoms with van der Waals surface area (Å²) in [6, 6.07) is 21.0. The van der Waals surface area contributed by atoms with Gasteiger partial charge in [0.05, 0.1) is 20.3 Å². The lowest BCUT2D eigenvalue weighted by Crippen LogP contribution is -2.44. The predicted molar refractivity (Wildman–Crippen MR) is 123 cm³/mol. The Kier molecular flexibility index (Phi) is 6.16. The molecule has 0 amide bonds. The zero-order chi connectivity index (χ0) is 21.1. The van der Waals surface area contributed by atoms with E-state index in [1.165, 1.54) is 22.3 Å². The van der Waals surface area contributed by atoms with E-state index in [9.17, 15) is 0 Å². The molecular weight excluding hydrogens is 396 g/mol. The molecule has 156 valence electrons. The Morgan fingerprint density at radius 2 is 1.63 bits per heavy atom. The van der Waals surface area contributed by atoms with Gasteiger partial charge in [-0.2, -0.15) is 0 Å². The molecule has 30 heavy (non-hydrogen) atoms. The van der Waals surface area contributed by atoms with Crippen molar-refractivity contribution in [3.8, 4) is 11.5 Å². The number of benzene rings is 3. The molecule has 4 rings (SSSR count). The molecule has 1 aliphatic rings. The van der Waals surface area contributed by atoms with Crippen LogP contribution in [0, 0.1) is 6.92 Å². The van der Waals surface area contributed by atoms with Crippen LogP contribution < -0.4 is 20.1 Å². The van der Waals surface area contributed by atoms with Crippen LogP contribution in [0.1, 0.15) is 28.3 Å². The van der Waals surface area contributed by atoms with Crippen LogP contribution in [0.25, 0.3) is 0 Å². The fourth-order valence-electron chi connectivity index (χ4n) is 4.01. The Balaban J connectivity index is 1.64. The molecule has 4 nitrogen and oxygen atoms in total.